The van der Waals surface area contributed by atoms with Gasteiger partial charge in [0.1, 0.15) is 6.61 Å². The van der Waals surface area contributed by atoms with Crippen LogP contribution < -0.4 is 20.1 Å². The van der Waals surface area contributed by atoms with Crippen LogP contribution in [0.4, 0.5) is 5.69 Å². The van der Waals surface area contributed by atoms with Crippen molar-refractivity contribution in [1.29, 1.82) is 0 Å². The van der Waals surface area contributed by atoms with E-state index in [2.05, 4.69) is 48.2 Å². The Morgan fingerprint density at radius 2 is 2.05 bits per heavy atom. The summed E-state index contributed by atoms with van der Waals surface area (Å²) in [5.74, 6) is 0.190. The number of pyridine rings is 1. The molecule has 0 spiro atoms. The number of hydrogen-bond donors (Lipinski definition) is 5. The summed E-state index contributed by atoms with van der Waals surface area (Å²) >= 11 is 2.95. The summed E-state index contributed by atoms with van der Waals surface area (Å²) in [6, 6.07) is 13.8. The number of anilines is 1. The van der Waals surface area contributed by atoms with Gasteiger partial charge < -0.3 is 5.11 Å². The Morgan fingerprint density at radius 3 is 2.79 bits per heavy atom. The quantitative estimate of drug-likeness (QED) is 0.186. The van der Waals surface area contributed by atoms with Crippen LogP contribution in [0.3, 0.4) is 0 Å². The molecule has 1 unspecified atom stereocenters. The first-order chi connectivity index (χ1) is 18.8. The molecule has 39 heavy (non-hydrogen) atoms. The number of benzene rings is 2. The Labute approximate surface area is 240 Å². The van der Waals surface area contributed by atoms with Gasteiger partial charge in [0.15, 0.2) is 0 Å². The molecule has 9 nitrogen and oxygen atoms in total. The first-order valence-corrected chi connectivity index (χ1v) is 15.9. The number of aliphatic hydroxyl groups excluding tert-OH is 2. The fraction of sp³-hybridized carbons (Fsp3) is 0.321. The van der Waals surface area contributed by atoms with Gasteiger partial charge in [-0.3, -0.25) is 4.79 Å². The number of fused-ring (bicyclic) bond motifs is 1. The summed E-state index contributed by atoms with van der Waals surface area (Å²) < 4.78 is 1.83. The van der Waals surface area contributed by atoms with Crippen LogP contribution in [0.2, 0.25) is 5.21 Å². The zero-order valence-corrected chi connectivity index (χ0v) is 24.9. The molecule has 4 aromatic rings. The number of carbonyl (C=O) groups excluding carboxylic acids is 1. The number of H-pyrrole nitrogens is 2. The number of halogens is 1. The molecule has 2 aromatic heterocycles. The van der Waals surface area contributed by atoms with Crippen molar-refractivity contribution < 1.29 is 15.0 Å². The van der Waals surface area contributed by atoms with E-state index in [1.54, 1.807) is 6.20 Å². The van der Waals surface area contributed by atoms with E-state index in [-0.39, 0.29) is 17.5 Å². The van der Waals surface area contributed by atoms with Crippen LogP contribution in [-0.2, 0) is 4.79 Å². The maximum absolute atomic E-state index is 13.0. The van der Waals surface area contributed by atoms with E-state index in [1.807, 2.05) is 37.3 Å². The van der Waals surface area contributed by atoms with Crippen molar-refractivity contribution in [3.05, 3.63) is 74.6 Å². The van der Waals surface area contributed by atoms with Crippen molar-refractivity contribution in [2.75, 3.05) is 24.6 Å². The van der Waals surface area contributed by atoms with Gasteiger partial charge in [0, 0.05) is 0 Å². The molecule has 3 heterocycles. The van der Waals surface area contributed by atoms with Crippen LogP contribution in [0.25, 0.3) is 22.4 Å². The molecule has 2 aromatic carbocycles. The molecule has 11 heteroatoms. The molecule has 1 fully saturated rings. The maximum atomic E-state index is 13.0. The molecule has 1 amide bonds. The number of aromatic nitrogens is 3. The van der Waals surface area contributed by atoms with E-state index < -0.39 is 28.5 Å². The number of nitrogens with zero attached hydrogens (tertiary/aromatic N) is 2. The number of rotatable bonds is 8. The Hall–Kier alpha value is -2.91. The third kappa shape index (κ3) is 6.30. The van der Waals surface area contributed by atoms with E-state index in [1.165, 1.54) is 0 Å². The Kier molecular flexibility index (Phi) is 8.57. The molecule has 0 saturated carbocycles. The van der Waals surface area contributed by atoms with E-state index >= 15 is 0 Å². The van der Waals surface area contributed by atoms with Crippen LogP contribution in [-0.4, -0.2) is 72.6 Å². The van der Waals surface area contributed by atoms with E-state index in [0.29, 0.717) is 16.6 Å². The number of hydrogen-bond acceptors (Lipinski definition) is 6. The topological polar surface area (TPSA) is 134 Å². The molecular weight excluding hydrogens is 625 g/mol. The minimum absolute atomic E-state index is 0.0671. The molecule has 1 atom stereocenters. The zero-order chi connectivity index (χ0) is 27.5. The fourth-order valence-electron chi connectivity index (χ4n) is 4.96. The Morgan fingerprint density at radius 1 is 1.26 bits per heavy atom. The Bertz CT molecular complexity index is 1550. The molecule has 5 N–H and O–H groups in total. The molecule has 203 valence electrons. The van der Waals surface area contributed by atoms with Crippen LogP contribution in [0, 0.1) is 6.92 Å². The molecule has 1 aliphatic rings. The molecular formula is C28H30AsBrN5O4. The molecule has 1 saturated heterocycles. The number of aromatic amines is 2. The van der Waals surface area contributed by atoms with Crippen LogP contribution >= 0.6 is 15.9 Å². The van der Waals surface area contributed by atoms with Crippen molar-refractivity contribution in [2.24, 2.45) is 0 Å². The van der Waals surface area contributed by atoms with Gasteiger partial charge in [-0.1, -0.05) is 0 Å². The monoisotopic (exact) mass is 654 g/mol. The Balaban J connectivity index is 1.37. The second kappa shape index (κ2) is 12.1. The standard InChI is InChI=1S/C28H30AsBrN5O4/c1-16-11-20(35-9-6-19(7-10-35)32-24(38)15-36)13-22-26(16)34-27(33-22)25-21(5-8-31-28(25)39)29-14-23(37)17-3-2-4-18(30)12-17/h2-5,8,11-13,19,23,36-37H,6-7,9-10,14-15H2,1H3,(H,31,39)(H,32,38)(H,33,34). The van der Waals surface area contributed by atoms with Crippen molar-refractivity contribution in [2.45, 2.75) is 37.1 Å². The molecule has 0 aliphatic carbocycles. The normalized spacial score (nSPS) is 15.3. The van der Waals surface area contributed by atoms with Gasteiger partial charge in [-0.05, 0) is 0 Å². The number of amides is 1. The molecule has 1 radical (unpaired) electrons. The fourth-order valence-corrected chi connectivity index (χ4v) is 7.74. The van der Waals surface area contributed by atoms with Crippen molar-refractivity contribution in [3.63, 3.8) is 0 Å². The summed E-state index contributed by atoms with van der Waals surface area (Å²) in [6.07, 6.45) is 2.64. The number of aliphatic hydroxyl groups is 2. The predicted molar refractivity (Wildman–Crippen MR) is 157 cm³/mol. The second-order valence-electron chi connectivity index (χ2n) is 9.71. The van der Waals surface area contributed by atoms with Crippen LogP contribution in [0.15, 0.2) is 57.9 Å². The van der Waals surface area contributed by atoms with Gasteiger partial charge in [0.25, 0.3) is 0 Å². The summed E-state index contributed by atoms with van der Waals surface area (Å²) in [7, 11) is 0. The summed E-state index contributed by atoms with van der Waals surface area (Å²) in [5, 5.41) is 23.2. The predicted octanol–water partition coefficient (Wildman–Crippen LogP) is 2.55. The van der Waals surface area contributed by atoms with Gasteiger partial charge in [0.05, 0.1) is 0 Å². The second-order valence-corrected chi connectivity index (χ2v) is 13.1. The summed E-state index contributed by atoms with van der Waals surface area (Å²) in [5.41, 5.74) is 4.91. The number of imidazole rings is 1. The van der Waals surface area contributed by atoms with Gasteiger partial charge in [-0.25, -0.2) is 0 Å². The number of nitrogens with one attached hydrogen (secondary N) is 3. The third-order valence-electron chi connectivity index (χ3n) is 6.97. The van der Waals surface area contributed by atoms with Gasteiger partial charge in [-0.2, -0.15) is 0 Å². The van der Waals surface area contributed by atoms with Crippen LogP contribution in [0.5, 0.6) is 0 Å². The zero-order valence-electron chi connectivity index (χ0n) is 21.4. The average molecular weight is 655 g/mol. The van der Waals surface area contributed by atoms with Gasteiger partial charge in [-0.15, -0.1) is 0 Å². The van der Waals surface area contributed by atoms with Crippen LogP contribution in [0.1, 0.15) is 30.1 Å². The first-order valence-electron chi connectivity index (χ1n) is 12.8. The number of piperidine rings is 1. The SMILES string of the molecule is Cc1cc(N2CCC(NC(=O)CO)CC2)cc2[nH]c(-c3c([As]CC(O)c4cccc(Br)c4)cc[nH]c3=O)nc12. The minimum atomic E-state index is -0.615. The number of aryl methyl sites for hydroxylation is 1. The molecule has 5 rings (SSSR count). The number of carbonyl (C=O) groups is 1. The van der Waals surface area contributed by atoms with E-state index in [0.717, 1.165) is 62.6 Å². The first kappa shape index (κ1) is 27.6. The summed E-state index contributed by atoms with van der Waals surface area (Å²) in [4.78, 5) is 37.8. The molecule has 1 aliphatic heterocycles. The molecule has 0 bridgehead atoms. The van der Waals surface area contributed by atoms with Gasteiger partial charge in [0.2, 0.25) is 5.91 Å². The summed E-state index contributed by atoms with van der Waals surface area (Å²) in [6.45, 7) is 3.10. The van der Waals surface area contributed by atoms with Crippen molar-refractivity contribution in [3.8, 4) is 11.4 Å². The van der Waals surface area contributed by atoms with Crippen molar-refractivity contribution in [1.82, 2.24) is 20.3 Å². The van der Waals surface area contributed by atoms with Crippen molar-refractivity contribution >= 4 is 58.7 Å². The van der Waals surface area contributed by atoms with E-state index in [4.69, 9.17) is 10.1 Å². The average Bonchev–Trinajstić information content (AvgIpc) is 3.36. The van der Waals surface area contributed by atoms with Gasteiger partial charge >= 0.3 is 219 Å². The third-order valence-corrected chi connectivity index (χ3v) is 10.1. The van der Waals surface area contributed by atoms with E-state index in [9.17, 15) is 14.7 Å².